The Kier molecular flexibility index (Phi) is 5.60. The molecule has 3 N–H and O–H groups in total. The van der Waals surface area contributed by atoms with Crippen molar-refractivity contribution in [3.05, 3.63) is 91.4 Å². The Bertz CT molecular complexity index is 1580. The van der Waals surface area contributed by atoms with Crippen LogP contribution < -0.4 is 14.8 Å². The van der Waals surface area contributed by atoms with Crippen molar-refractivity contribution in [1.29, 1.82) is 0 Å². The van der Waals surface area contributed by atoms with Crippen LogP contribution in [0.1, 0.15) is 0 Å². The predicted octanol–water partition coefficient (Wildman–Crippen LogP) is 5.18. The van der Waals surface area contributed by atoms with E-state index in [1.54, 1.807) is 42.5 Å². The first kappa shape index (κ1) is 21.5. The number of ether oxygens (including phenoxy) is 1. The van der Waals surface area contributed by atoms with Gasteiger partial charge in [0.1, 0.15) is 17.9 Å². The van der Waals surface area contributed by atoms with E-state index in [1.165, 1.54) is 19.5 Å². The molecule has 0 spiro atoms. The smallest absolute Gasteiger partial charge is 0.262 e. The van der Waals surface area contributed by atoms with Crippen LogP contribution in [0.5, 0.6) is 5.75 Å². The monoisotopic (exact) mass is 471 g/mol. The van der Waals surface area contributed by atoms with Gasteiger partial charge in [-0.3, -0.25) is 4.72 Å². The number of anilines is 3. The summed E-state index contributed by atoms with van der Waals surface area (Å²) in [5.41, 5.74) is 3.70. The van der Waals surface area contributed by atoms with Crippen molar-refractivity contribution in [3.8, 4) is 17.0 Å². The van der Waals surface area contributed by atoms with Gasteiger partial charge in [-0.1, -0.05) is 24.3 Å². The third-order valence-corrected chi connectivity index (χ3v) is 6.65. The molecule has 8 nitrogen and oxygen atoms in total. The molecule has 2 heterocycles. The van der Waals surface area contributed by atoms with Gasteiger partial charge in [0, 0.05) is 34.4 Å². The van der Waals surface area contributed by atoms with E-state index in [-0.39, 0.29) is 4.90 Å². The summed E-state index contributed by atoms with van der Waals surface area (Å²) in [4.78, 5) is 12.0. The molecule has 0 radical (unpaired) electrons. The fourth-order valence-corrected chi connectivity index (χ4v) is 4.73. The highest BCUT2D eigenvalue weighted by molar-refractivity contribution is 7.92. The van der Waals surface area contributed by atoms with E-state index in [9.17, 15) is 8.42 Å². The number of para-hydroxylation sites is 2. The molecule has 34 heavy (non-hydrogen) atoms. The van der Waals surface area contributed by atoms with Crippen LogP contribution in [0.25, 0.3) is 22.2 Å². The zero-order valence-corrected chi connectivity index (χ0v) is 19.0. The predicted molar refractivity (Wildman–Crippen MR) is 133 cm³/mol. The van der Waals surface area contributed by atoms with Gasteiger partial charge in [0.25, 0.3) is 10.0 Å². The lowest BCUT2D eigenvalue weighted by molar-refractivity contribution is 0.417. The van der Waals surface area contributed by atoms with E-state index in [4.69, 9.17) is 4.74 Å². The first-order valence-corrected chi connectivity index (χ1v) is 11.9. The first-order valence-electron chi connectivity index (χ1n) is 10.4. The number of benzene rings is 3. The molecule has 0 fully saturated rings. The van der Waals surface area contributed by atoms with Gasteiger partial charge in [-0.25, -0.2) is 18.4 Å². The third kappa shape index (κ3) is 4.41. The minimum atomic E-state index is -3.83. The van der Waals surface area contributed by atoms with Gasteiger partial charge in [-0.15, -0.1) is 0 Å². The standard InChI is InChI=1S/C25H21N5O3S/c1-33-24-8-3-2-7-22(24)30-34(31,32)20-6-4-5-19(14-20)29-25-15-23(27-16-28-25)17-9-10-21-18(13-17)11-12-26-21/h2-16,26,30H,1H3,(H,27,28,29). The number of aromatic amines is 1. The Labute approximate surface area is 196 Å². The fraction of sp³-hybridized carbons (Fsp3) is 0.0400. The SMILES string of the molecule is COc1ccccc1NS(=O)(=O)c1cccc(Nc2cc(-c3ccc4[nH]ccc4c3)ncn2)c1. The van der Waals surface area contributed by atoms with Crippen molar-refractivity contribution in [2.75, 3.05) is 17.1 Å². The third-order valence-electron chi connectivity index (χ3n) is 5.28. The van der Waals surface area contributed by atoms with Crippen molar-refractivity contribution >= 4 is 38.1 Å². The Hall–Kier alpha value is -4.37. The Morgan fingerprint density at radius 2 is 1.79 bits per heavy atom. The molecule has 0 atom stereocenters. The Balaban J connectivity index is 1.39. The quantitative estimate of drug-likeness (QED) is 0.302. The Morgan fingerprint density at radius 1 is 0.912 bits per heavy atom. The molecule has 0 aliphatic rings. The number of nitrogens with one attached hydrogen (secondary N) is 3. The van der Waals surface area contributed by atoms with E-state index < -0.39 is 10.0 Å². The van der Waals surface area contributed by atoms with Gasteiger partial charge in [-0.2, -0.15) is 0 Å². The van der Waals surface area contributed by atoms with Crippen LogP contribution in [0.2, 0.25) is 0 Å². The first-order chi connectivity index (χ1) is 16.5. The second-order valence-corrected chi connectivity index (χ2v) is 9.21. The topological polar surface area (TPSA) is 109 Å². The molecule has 3 aromatic carbocycles. The highest BCUT2D eigenvalue weighted by atomic mass is 32.2. The van der Waals surface area contributed by atoms with Crippen LogP contribution in [0.15, 0.2) is 96.3 Å². The van der Waals surface area contributed by atoms with E-state index in [0.29, 0.717) is 22.9 Å². The maximum atomic E-state index is 13.0. The molecule has 0 saturated carbocycles. The lowest BCUT2D eigenvalue weighted by atomic mass is 10.1. The van der Waals surface area contributed by atoms with Crippen molar-refractivity contribution in [2.45, 2.75) is 4.90 Å². The van der Waals surface area contributed by atoms with Crippen LogP contribution in [0.3, 0.4) is 0 Å². The molecule has 9 heteroatoms. The number of nitrogens with zero attached hydrogens (tertiary/aromatic N) is 2. The van der Waals surface area contributed by atoms with E-state index in [0.717, 1.165) is 22.2 Å². The molecule has 170 valence electrons. The zero-order valence-electron chi connectivity index (χ0n) is 18.2. The Morgan fingerprint density at radius 3 is 2.68 bits per heavy atom. The molecule has 0 saturated heterocycles. The second kappa shape index (κ2) is 8.87. The summed E-state index contributed by atoms with van der Waals surface area (Å²) in [6.07, 6.45) is 3.37. The average Bonchev–Trinajstić information content (AvgIpc) is 3.33. The zero-order chi connectivity index (χ0) is 23.5. The van der Waals surface area contributed by atoms with Gasteiger partial charge in [0.05, 0.1) is 23.4 Å². The van der Waals surface area contributed by atoms with Crippen LogP contribution in [0.4, 0.5) is 17.2 Å². The minimum Gasteiger partial charge on any atom is -0.495 e. The van der Waals surface area contributed by atoms with Crippen LogP contribution in [-0.4, -0.2) is 30.5 Å². The van der Waals surface area contributed by atoms with E-state index in [2.05, 4.69) is 31.1 Å². The molecular weight excluding hydrogens is 450 g/mol. The number of aromatic nitrogens is 3. The summed E-state index contributed by atoms with van der Waals surface area (Å²) >= 11 is 0. The lowest BCUT2D eigenvalue weighted by Gasteiger charge is -2.13. The van der Waals surface area contributed by atoms with Crippen molar-refractivity contribution < 1.29 is 13.2 Å². The number of H-pyrrole nitrogens is 1. The van der Waals surface area contributed by atoms with Crippen molar-refractivity contribution in [2.24, 2.45) is 0 Å². The molecule has 5 rings (SSSR count). The summed E-state index contributed by atoms with van der Waals surface area (Å²) in [5, 5.41) is 4.26. The maximum Gasteiger partial charge on any atom is 0.262 e. The largest absolute Gasteiger partial charge is 0.495 e. The van der Waals surface area contributed by atoms with Gasteiger partial charge in [0.15, 0.2) is 0 Å². The molecule has 0 aliphatic carbocycles. The van der Waals surface area contributed by atoms with Crippen LogP contribution in [-0.2, 0) is 10.0 Å². The minimum absolute atomic E-state index is 0.107. The van der Waals surface area contributed by atoms with Gasteiger partial charge in [-0.05, 0) is 48.5 Å². The molecular formula is C25H21N5O3S. The van der Waals surface area contributed by atoms with Crippen molar-refractivity contribution in [3.63, 3.8) is 0 Å². The number of hydrogen-bond acceptors (Lipinski definition) is 6. The fourth-order valence-electron chi connectivity index (χ4n) is 3.62. The van der Waals surface area contributed by atoms with E-state index in [1.807, 2.05) is 30.5 Å². The summed E-state index contributed by atoms with van der Waals surface area (Å²) in [7, 11) is -2.34. The van der Waals surface area contributed by atoms with E-state index >= 15 is 0 Å². The number of rotatable bonds is 7. The van der Waals surface area contributed by atoms with Gasteiger partial charge < -0.3 is 15.0 Å². The maximum absolute atomic E-state index is 13.0. The molecule has 0 unspecified atom stereocenters. The summed E-state index contributed by atoms with van der Waals surface area (Å²) in [6.45, 7) is 0. The highest BCUT2D eigenvalue weighted by Crippen LogP contribution is 2.28. The summed E-state index contributed by atoms with van der Waals surface area (Å²) in [5.74, 6) is 0.984. The number of fused-ring (bicyclic) bond motifs is 1. The molecule has 0 amide bonds. The molecule has 0 bridgehead atoms. The highest BCUT2D eigenvalue weighted by Gasteiger charge is 2.17. The second-order valence-electron chi connectivity index (χ2n) is 7.53. The number of sulfonamides is 1. The van der Waals surface area contributed by atoms with Gasteiger partial charge >= 0.3 is 0 Å². The average molecular weight is 472 g/mol. The number of hydrogen-bond donors (Lipinski definition) is 3. The molecule has 5 aromatic rings. The van der Waals surface area contributed by atoms with Crippen LogP contribution in [0, 0.1) is 0 Å². The number of methoxy groups -OCH3 is 1. The lowest BCUT2D eigenvalue weighted by Crippen LogP contribution is -2.13. The van der Waals surface area contributed by atoms with Crippen molar-refractivity contribution in [1.82, 2.24) is 15.0 Å². The summed E-state index contributed by atoms with van der Waals surface area (Å²) in [6, 6.07) is 23.2. The molecule has 2 aromatic heterocycles. The molecule has 0 aliphatic heterocycles. The summed E-state index contributed by atoms with van der Waals surface area (Å²) < 4.78 is 33.8. The normalized spacial score (nSPS) is 11.3. The van der Waals surface area contributed by atoms with Gasteiger partial charge in [0.2, 0.25) is 0 Å². The van der Waals surface area contributed by atoms with Crippen LogP contribution >= 0.6 is 0 Å².